The van der Waals surface area contributed by atoms with Crippen molar-refractivity contribution < 1.29 is 9.52 Å². The third-order valence-corrected chi connectivity index (χ3v) is 2.51. The minimum Gasteiger partial charge on any atom is -0.508 e. The molecule has 0 aliphatic heterocycles. The van der Waals surface area contributed by atoms with Gasteiger partial charge < -0.3 is 9.52 Å². The number of hydrogen-bond acceptors (Lipinski definition) is 5. The van der Waals surface area contributed by atoms with Crippen LogP contribution >= 0.6 is 0 Å². The van der Waals surface area contributed by atoms with Gasteiger partial charge in [-0.2, -0.15) is 0 Å². The van der Waals surface area contributed by atoms with E-state index in [4.69, 9.17) is 4.42 Å². The molecule has 3 rings (SSSR count). The topological polar surface area (TPSA) is 72.0 Å². The Bertz CT molecular complexity index is 666. The van der Waals surface area contributed by atoms with Crippen LogP contribution in [0.15, 0.2) is 53.4 Å². The molecule has 0 fully saturated rings. The van der Waals surface area contributed by atoms with E-state index in [-0.39, 0.29) is 5.75 Å². The predicted molar refractivity (Wildman–Crippen MR) is 64.6 cm³/mol. The number of phenolic OH excluding ortho intramolecular Hbond substituents is 1. The fourth-order valence-electron chi connectivity index (χ4n) is 1.69. The number of rotatable bonds is 2. The molecule has 0 unspecified atom stereocenters. The minimum atomic E-state index is 0.206. The lowest BCUT2D eigenvalue weighted by atomic mass is 10.1. The minimum absolute atomic E-state index is 0.206. The van der Waals surface area contributed by atoms with Crippen LogP contribution in [0.3, 0.4) is 0 Å². The van der Waals surface area contributed by atoms with Gasteiger partial charge in [-0.3, -0.25) is 4.98 Å². The zero-order valence-electron chi connectivity index (χ0n) is 9.32. The average Bonchev–Trinajstić information content (AvgIpc) is 2.93. The van der Waals surface area contributed by atoms with Gasteiger partial charge in [-0.05, 0) is 24.3 Å². The molecule has 0 saturated heterocycles. The molecule has 0 bridgehead atoms. The van der Waals surface area contributed by atoms with Gasteiger partial charge in [0.05, 0.1) is 5.69 Å². The SMILES string of the molecule is Oc1cccc(-c2cc(-c3nnco3)ccn2)c1. The number of aromatic hydroxyl groups is 1. The Morgan fingerprint density at radius 2 is 2.00 bits per heavy atom. The van der Waals surface area contributed by atoms with Crippen LogP contribution in [0.25, 0.3) is 22.7 Å². The Kier molecular flexibility index (Phi) is 2.49. The Morgan fingerprint density at radius 3 is 2.78 bits per heavy atom. The van der Waals surface area contributed by atoms with Crippen molar-refractivity contribution in [3.05, 3.63) is 49.0 Å². The maximum atomic E-state index is 9.46. The lowest BCUT2D eigenvalue weighted by molar-refractivity contribution is 0.475. The Morgan fingerprint density at radius 1 is 1.06 bits per heavy atom. The van der Waals surface area contributed by atoms with E-state index < -0.39 is 0 Å². The van der Waals surface area contributed by atoms with Crippen molar-refractivity contribution in [3.63, 3.8) is 0 Å². The summed E-state index contributed by atoms with van der Waals surface area (Å²) in [6.45, 7) is 0. The van der Waals surface area contributed by atoms with Gasteiger partial charge in [-0.15, -0.1) is 10.2 Å². The summed E-state index contributed by atoms with van der Waals surface area (Å²) >= 11 is 0. The van der Waals surface area contributed by atoms with Crippen LogP contribution in [0.1, 0.15) is 0 Å². The lowest BCUT2D eigenvalue weighted by Crippen LogP contribution is -1.85. The molecule has 1 N–H and O–H groups in total. The maximum absolute atomic E-state index is 9.46. The van der Waals surface area contributed by atoms with Crippen molar-refractivity contribution in [3.8, 4) is 28.5 Å². The highest BCUT2D eigenvalue weighted by molar-refractivity contribution is 5.66. The third-order valence-electron chi connectivity index (χ3n) is 2.51. The molecule has 0 saturated carbocycles. The van der Waals surface area contributed by atoms with Gasteiger partial charge in [-0.25, -0.2) is 0 Å². The molecule has 5 nitrogen and oxygen atoms in total. The van der Waals surface area contributed by atoms with Crippen molar-refractivity contribution in [2.24, 2.45) is 0 Å². The molecule has 5 heteroatoms. The number of phenols is 1. The van der Waals surface area contributed by atoms with Gasteiger partial charge in [0.15, 0.2) is 0 Å². The number of nitrogens with zero attached hydrogens (tertiary/aromatic N) is 3. The number of aromatic nitrogens is 3. The highest BCUT2D eigenvalue weighted by Crippen LogP contribution is 2.25. The molecule has 3 aromatic rings. The van der Waals surface area contributed by atoms with Gasteiger partial charge in [0, 0.05) is 17.3 Å². The summed E-state index contributed by atoms with van der Waals surface area (Å²) in [6.07, 6.45) is 2.95. The van der Waals surface area contributed by atoms with Crippen LogP contribution in [-0.4, -0.2) is 20.3 Å². The number of hydrogen-bond donors (Lipinski definition) is 1. The second-order valence-corrected chi connectivity index (χ2v) is 3.72. The van der Waals surface area contributed by atoms with E-state index in [1.165, 1.54) is 6.39 Å². The maximum Gasteiger partial charge on any atom is 0.247 e. The van der Waals surface area contributed by atoms with Crippen LogP contribution in [0.5, 0.6) is 5.75 Å². The molecule has 0 amide bonds. The Hall–Kier alpha value is -2.69. The molecular weight excluding hydrogens is 230 g/mol. The zero-order valence-corrected chi connectivity index (χ0v) is 9.32. The number of benzene rings is 1. The van der Waals surface area contributed by atoms with Crippen molar-refractivity contribution >= 4 is 0 Å². The fourth-order valence-corrected chi connectivity index (χ4v) is 1.69. The zero-order chi connectivity index (χ0) is 12.4. The van der Waals surface area contributed by atoms with Crippen LogP contribution in [0, 0.1) is 0 Å². The summed E-state index contributed by atoms with van der Waals surface area (Å²) in [6, 6.07) is 10.5. The summed E-state index contributed by atoms with van der Waals surface area (Å²) in [4.78, 5) is 4.26. The molecule has 18 heavy (non-hydrogen) atoms. The highest BCUT2D eigenvalue weighted by Gasteiger charge is 2.06. The summed E-state index contributed by atoms with van der Waals surface area (Å²) in [7, 11) is 0. The van der Waals surface area contributed by atoms with Crippen LogP contribution in [0.2, 0.25) is 0 Å². The van der Waals surface area contributed by atoms with Gasteiger partial charge in [0.1, 0.15) is 5.75 Å². The molecule has 0 aliphatic rings. The molecule has 0 spiro atoms. The normalized spacial score (nSPS) is 10.4. The van der Waals surface area contributed by atoms with Crippen molar-refractivity contribution in [2.75, 3.05) is 0 Å². The van der Waals surface area contributed by atoms with E-state index in [1.54, 1.807) is 30.5 Å². The predicted octanol–water partition coefficient (Wildman–Crippen LogP) is 2.50. The standard InChI is InChI=1S/C13H9N3O2/c17-11-3-1-2-9(6-11)12-7-10(4-5-14-12)13-16-15-8-18-13/h1-8,17H. The molecule has 1 aromatic carbocycles. The van der Waals surface area contributed by atoms with E-state index in [9.17, 15) is 5.11 Å². The molecule has 0 atom stereocenters. The van der Waals surface area contributed by atoms with Crippen LogP contribution in [0.4, 0.5) is 0 Å². The molecule has 0 aliphatic carbocycles. The van der Waals surface area contributed by atoms with Gasteiger partial charge in [0.2, 0.25) is 12.3 Å². The molecule has 2 aromatic heterocycles. The molecule has 2 heterocycles. The monoisotopic (exact) mass is 239 g/mol. The first-order valence-corrected chi connectivity index (χ1v) is 5.35. The van der Waals surface area contributed by atoms with Crippen LogP contribution in [-0.2, 0) is 0 Å². The molecule has 88 valence electrons. The Labute approximate surface area is 103 Å². The van der Waals surface area contributed by atoms with Crippen molar-refractivity contribution in [1.29, 1.82) is 0 Å². The lowest BCUT2D eigenvalue weighted by Gasteiger charge is -2.02. The second kappa shape index (κ2) is 4.29. The smallest absolute Gasteiger partial charge is 0.247 e. The summed E-state index contributed by atoms with van der Waals surface area (Å²) < 4.78 is 5.13. The third kappa shape index (κ3) is 1.93. The average molecular weight is 239 g/mol. The first kappa shape index (κ1) is 10.5. The van der Waals surface area contributed by atoms with Gasteiger partial charge >= 0.3 is 0 Å². The van der Waals surface area contributed by atoms with E-state index in [0.717, 1.165) is 16.8 Å². The van der Waals surface area contributed by atoms with E-state index >= 15 is 0 Å². The highest BCUT2D eigenvalue weighted by atomic mass is 16.4. The summed E-state index contributed by atoms with van der Waals surface area (Å²) in [5, 5.41) is 16.9. The van der Waals surface area contributed by atoms with Gasteiger partial charge in [0.25, 0.3) is 0 Å². The second-order valence-electron chi connectivity index (χ2n) is 3.72. The first-order chi connectivity index (χ1) is 8.83. The molecular formula is C13H9N3O2. The fraction of sp³-hybridized carbons (Fsp3) is 0. The largest absolute Gasteiger partial charge is 0.508 e. The van der Waals surface area contributed by atoms with Crippen molar-refractivity contribution in [1.82, 2.24) is 15.2 Å². The van der Waals surface area contributed by atoms with E-state index in [2.05, 4.69) is 15.2 Å². The van der Waals surface area contributed by atoms with Crippen molar-refractivity contribution in [2.45, 2.75) is 0 Å². The van der Waals surface area contributed by atoms with E-state index in [0.29, 0.717) is 5.89 Å². The number of pyridine rings is 1. The Balaban J connectivity index is 2.06. The molecule has 0 radical (unpaired) electrons. The van der Waals surface area contributed by atoms with E-state index in [1.807, 2.05) is 12.1 Å². The quantitative estimate of drug-likeness (QED) is 0.743. The summed E-state index contributed by atoms with van der Waals surface area (Å²) in [5.41, 5.74) is 2.36. The van der Waals surface area contributed by atoms with Crippen LogP contribution < -0.4 is 0 Å². The first-order valence-electron chi connectivity index (χ1n) is 5.35. The van der Waals surface area contributed by atoms with Gasteiger partial charge in [-0.1, -0.05) is 12.1 Å². The summed E-state index contributed by atoms with van der Waals surface area (Å²) in [5.74, 6) is 0.649.